The molecule has 3 rings (SSSR count). The standard InChI is InChI=1S/C17H19FN4O/c18-15-3-1-2-13(10-15)11-21-17(23)14-4-8-22(9-5-14)16-12-19-6-7-20-16/h1-3,6-7,10,12,14H,4-5,8-9,11H2,(H,21,23). The zero-order chi connectivity index (χ0) is 16.1. The van der Waals surface area contributed by atoms with Crippen LogP contribution in [0.4, 0.5) is 10.2 Å². The van der Waals surface area contributed by atoms with E-state index in [1.54, 1.807) is 30.7 Å². The second-order valence-corrected chi connectivity index (χ2v) is 5.67. The molecule has 2 aromatic rings. The molecule has 0 saturated carbocycles. The summed E-state index contributed by atoms with van der Waals surface area (Å²) < 4.78 is 13.1. The normalized spacial score (nSPS) is 15.4. The van der Waals surface area contributed by atoms with E-state index in [0.29, 0.717) is 6.54 Å². The Morgan fingerprint density at radius 2 is 2.13 bits per heavy atom. The molecule has 0 unspecified atom stereocenters. The number of nitrogens with one attached hydrogen (secondary N) is 1. The maximum atomic E-state index is 13.1. The first kappa shape index (κ1) is 15.4. The van der Waals surface area contributed by atoms with Gasteiger partial charge in [-0.1, -0.05) is 12.1 Å². The van der Waals surface area contributed by atoms with Crippen LogP contribution in [0.15, 0.2) is 42.9 Å². The molecule has 0 spiro atoms. The Balaban J connectivity index is 1.48. The van der Waals surface area contributed by atoms with Gasteiger partial charge in [0.1, 0.15) is 11.6 Å². The molecule has 0 bridgehead atoms. The first-order valence-corrected chi connectivity index (χ1v) is 7.75. The molecule has 1 saturated heterocycles. The van der Waals surface area contributed by atoms with Gasteiger partial charge in [0, 0.05) is 37.9 Å². The van der Waals surface area contributed by atoms with Crippen LogP contribution in [0.2, 0.25) is 0 Å². The van der Waals surface area contributed by atoms with Crippen LogP contribution in [-0.4, -0.2) is 29.0 Å². The minimum atomic E-state index is -0.283. The highest BCUT2D eigenvalue weighted by atomic mass is 19.1. The summed E-state index contributed by atoms with van der Waals surface area (Å²) in [4.78, 5) is 22.7. The summed E-state index contributed by atoms with van der Waals surface area (Å²) in [6, 6.07) is 6.29. The molecule has 1 aliphatic heterocycles. The van der Waals surface area contributed by atoms with Gasteiger partial charge in [-0.3, -0.25) is 9.78 Å². The zero-order valence-electron chi connectivity index (χ0n) is 12.8. The summed E-state index contributed by atoms with van der Waals surface area (Å²) >= 11 is 0. The van der Waals surface area contributed by atoms with Crippen LogP contribution < -0.4 is 10.2 Å². The first-order valence-electron chi connectivity index (χ1n) is 7.75. The minimum absolute atomic E-state index is 0.00326. The van der Waals surface area contributed by atoms with E-state index in [2.05, 4.69) is 20.2 Å². The molecule has 120 valence electrons. The lowest BCUT2D eigenvalue weighted by Crippen LogP contribution is -2.40. The van der Waals surface area contributed by atoms with Gasteiger partial charge in [-0.15, -0.1) is 0 Å². The van der Waals surface area contributed by atoms with Gasteiger partial charge in [0.05, 0.1) is 6.20 Å². The van der Waals surface area contributed by atoms with Crippen molar-refractivity contribution in [3.8, 4) is 0 Å². The Labute approximate surface area is 134 Å². The third-order valence-electron chi connectivity index (χ3n) is 4.10. The Morgan fingerprint density at radius 3 is 2.83 bits per heavy atom. The van der Waals surface area contributed by atoms with Gasteiger partial charge in [-0.2, -0.15) is 0 Å². The molecule has 1 fully saturated rings. The molecule has 0 aliphatic carbocycles. The number of aromatic nitrogens is 2. The number of anilines is 1. The highest BCUT2D eigenvalue weighted by Gasteiger charge is 2.25. The average Bonchev–Trinajstić information content (AvgIpc) is 2.61. The van der Waals surface area contributed by atoms with Gasteiger partial charge in [0.2, 0.25) is 5.91 Å². The number of amides is 1. The number of hydrogen-bond donors (Lipinski definition) is 1. The summed E-state index contributed by atoms with van der Waals surface area (Å²) in [7, 11) is 0. The summed E-state index contributed by atoms with van der Waals surface area (Å²) in [6.45, 7) is 1.94. The minimum Gasteiger partial charge on any atom is -0.355 e. The zero-order valence-corrected chi connectivity index (χ0v) is 12.8. The third kappa shape index (κ3) is 4.03. The van der Waals surface area contributed by atoms with Crippen LogP contribution in [-0.2, 0) is 11.3 Å². The number of carbonyl (C=O) groups excluding carboxylic acids is 1. The fraction of sp³-hybridized carbons (Fsp3) is 0.353. The lowest BCUT2D eigenvalue weighted by Gasteiger charge is -2.31. The monoisotopic (exact) mass is 314 g/mol. The van der Waals surface area contributed by atoms with Gasteiger partial charge in [-0.05, 0) is 30.5 Å². The summed E-state index contributed by atoms with van der Waals surface area (Å²) in [6.07, 6.45) is 6.63. The molecule has 2 heterocycles. The van der Waals surface area contributed by atoms with Gasteiger partial charge >= 0.3 is 0 Å². The maximum absolute atomic E-state index is 13.1. The van der Waals surface area contributed by atoms with Gasteiger partial charge in [-0.25, -0.2) is 9.37 Å². The molecule has 1 aromatic heterocycles. The Kier molecular flexibility index (Phi) is 4.80. The molecular formula is C17H19FN4O. The Morgan fingerprint density at radius 1 is 1.30 bits per heavy atom. The van der Waals surface area contributed by atoms with E-state index in [-0.39, 0.29) is 17.6 Å². The van der Waals surface area contributed by atoms with Gasteiger partial charge in [0.15, 0.2) is 0 Å². The topological polar surface area (TPSA) is 58.1 Å². The van der Waals surface area contributed by atoms with E-state index in [1.807, 2.05) is 0 Å². The number of halogens is 1. The number of rotatable bonds is 4. The number of carbonyl (C=O) groups is 1. The quantitative estimate of drug-likeness (QED) is 0.939. The van der Waals surface area contributed by atoms with Crippen LogP contribution >= 0.6 is 0 Å². The molecule has 5 nitrogen and oxygen atoms in total. The van der Waals surface area contributed by atoms with Crippen molar-refractivity contribution in [3.63, 3.8) is 0 Å². The molecular weight excluding hydrogens is 295 g/mol. The van der Waals surface area contributed by atoms with E-state index >= 15 is 0 Å². The van der Waals surface area contributed by atoms with Crippen molar-refractivity contribution >= 4 is 11.7 Å². The third-order valence-corrected chi connectivity index (χ3v) is 4.10. The summed E-state index contributed by atoms with van der Waals surface area (Å²) in [5, 5.41) is 2.90. The number of benzene rings is 1. The smallest absolute Gasteiger partial charge is 0.223 e. The van der Waals surface area contributed by atoms with Crippen LogP contribution in [0, 0.1) is 11.7 Å². The molecule has 1 aromatic carbocycles. The lowest BCUT2D eigenvalue weighted by molar-refractivity contribution is -0.125. The largest absolute Gasteiger partial charge is 0.355 e. The molecule has 23 heavy (non-hydrogen) atoms. The predicted octanol–water partition coefficient (Wildman–Crippen LogP) is 2.15. The van der Waals surface area contributed by atoms with E-state index < -0.39 is 0 Å². The number of hydrogen-bond acceptors (Lipinski definition) is 4. The highest BCUT2D eigenvalue weighted by Crippen LogP contribution is 2.21. The van der Waals surface area contributed by atoms with Crippen molar-refractivity contribution < 1.29 is 9.18 Å². The van der Waals surface area contributed by atoms with Crippen LogP contribution in [0.5, 0.6) is 0 Å². The number of piperidine rings is 1. The second-order valence-electron chi connectivity index (χ2n) is 5.67. The molecule has 1 amide bonds. The fourth-order valence-corrected chi connectivity index (χ4v) is 2.81. The van der Waals surface area contributed by atoms with E-state index in [4.69, 9.17) is 0 Å². The van der Waals surface area contributed by atoms with Crippen molar-refractivity contribution in [3.05, 3.63) is 54.2 Å². The molecule has 0 radical (unpaired) electrons. The van der Waals surface area contributed by atoms with E-state index in [9.17, 15) is 9.18 Å². The van der Waals surface area contributed by atoms with Crippen molar-refractivity contribution in [2.45, 2.75) is 19.4 Å². The van der Waals surface area contributed by atoms with E-state index in [1.165, 1.54) is 12.1 Å². The van der Waals surface area contributed by atoms with Crippen molar-refractivity contribution in [2.75, 3.05) is 18.0 Å². The van der Waals surface area contributed by atoms with Crippen molar-refractivity contribution in [1.82, 2.24) is 15.3 Å². The summed E-state index contributed by atoms with van der Waals surface area (Å²) in [5.41, 5.74) is 0.773. The maximum Gasteiger partial charge on any atom is 0.223 e. The summed E-state index contributed by atoms with van der Waals surface area (Å²) in [5.74, 6) is 0.602. The SMILES string of the molecule is O=C(NCc1cccc(F)c1)C1CCN(c2cnccn2)CC1. The van der Waals surface area contributed by atoms with Crippen molar-refractivity contribution in [2.24, 2.45) is 5.92 Å². The molecule has 0 atom stereocenters. The second kappa shape index (κ2) is 7.17. The highest BCUT2D eigenvalue weighted by molar-refractivity contribution is 5.78. The molecule has 6 heteroatoms. The Hall–Kier alpha value is -2.50. The van der Waals surface area contributed by atoms with Gasteiger partial charge < -0.3 is 10.2 Å². The number of nitrogens with zero attached hydrogens (tertiary/aromatic N) is 3. The van der Waals surface area contributed by atoms with Crippen LogP contribution in [0.25, 0.3) is 0 Å². The fourth-order valence-electron chi connectivity index (χ4n) is 2.81. The first-order chi connectivity index (χ1) is 11.2. The van der Waals surface area contributed by atoms with Gasteiger partial charge in [0.25, 0.3) is 0 Å². The lowest BCUT2D eigenvalue weighted by atomic mass is 9.96. The average molecular weight is 314 g/mol. The molecule has 1 aliphatic rings. The van der Waals surface area contributed by atoms with E-state index in [0.717, 1.165) is 37.3 Å². The van der Waals surface area contributed by atoms with Crippen LogP contribution in [0.1, 0.15) is 18.4 Å². The predicted molar refractivity (Wildman–Crippen MR) is 85.2 cm³/mol. The van der Waals surface area contributed by atoms with Crippen molar-refractivity contribution in [1.29, 1.82) is 0 Å². The molecule has 1 N–H and O–H groups in total. The Bertz CT molecular complexity index is 657. The van der Waals surface area contributed by atoms with Crippen LogP contribution in [0.3, 0.4) is 0 Å².